The molecule has 0 spiro atoms. The fraction of sp³-hybridized carbons (Fsp3) is 0.286. The standard InChI is InChI=1S/C21H25NO5/c1-4-5-16-6-11-20(21(12-16)25-3)27-14-18(24)13-26-19-9-7-17(8-10-19)22-15(2)23/h4,6-12,18,24H,1,5,13-14H2,2-3H3,(H,22,23)/t18-/m1/s1. The van der Waals surface area contributed by atoms with Gasteiger partial charge in [0.05, 0.1) is 7.11 Å². The SMILES string of the molecule is C=CCc1ccc(OC[C@H](O)COc2ccc(NC(C)=O)cc2)c(OC)c1. The Balaban J connectivity index is 1.83. The largest absolute Gasteiger partial charge is 0.493 e. The number of rotatable bonds is 10. The van der Waals surface area contributed by atoms with Crippen molar-refractivity contribution >= 4 is 11.6 Å². The number of nitrogens with one attached hydrogen (secondary N) is 1. The molecule has 2 aromatic rings. The van der Waals surface area contributed by atoms with Crippen LogP contribution in [-0.2, 0) is 11.2 Å². The number of carbonyl (C=O) groups excluding carboxylic acids is 1. The first kappa shape index (κ1) is 20.3. The molecule has 0 aromatic heterocycles. The molecule has 0 saturated heterocycles. The first-order chi connectivity index (χ1) is 13.0. The van der Waals surface area contributed by atoms with Crippen molar-refractivity contribution in [1.29, 1.82) is 0 Å². The summed E-state index contributed by atoms with van der Waals surface area (Å²) in [7, 11) is 1.57. The van der Waals surface area contributed by atoms with Crippen molar-refractivity contribution in [2.24, 2.45) is 0 Å². The zero-order valence-electron chi connectivity index (χ0n) is 15.6. The molecular weight excluding hydrogens is 346 g/mol. The Bertz CT molecular complexity index is 758. The van der Waals surface area contributed by atoms with Crippen LogP contribution >= 0.6 is 0 Å². The summed E-state index contributed by atoms with van der Waals surface area (Å²) in [6.07, 6.45) is 1.75. The molecule has 6 heteroatoms. The molecule has 1 amide bonds. The number of aliphatic hydroxyl groups is 1. The molecule has 2 N–H and O–H groups in total. The van der Waals surface area contributed by atoms with Gasteiger partial charge in [0.1, 0.15) is 25.1 Å². The number of allylic oxidation sites excluding steroid dienone is 1. The van der Waals surface area contributed by atoms with Crippen LogP contribution in [0.3, 0.4) is 0 Å². The number of carbonyl (C=O) groups is 1. The number of hydrogen-bond donors (Lipinski definition) is 2. The quantitative estimate of drug-likeness (QED) is 0.627. The van der Waals surface area contributed by atoms with Crippen LogP contribution in [0, 0.1) is 0 Å². The zero-order valence-corrected chi connectivity index (χ0v) is 15.6. The molecule has 0 unspecified atom stereocenters. The highest BCUT2D eigenvalue weighted by atomic mass is 16.5. The molecule has 0 saturated carbocycles. The average Bonchev–Trinajstić information content (AvgIpc) is 2.66. The van der Waals surface area contributed by atoms with Crippen molar-refractivity contribution in [3.63, 3.8) is 0 Å². The molecule has 27 heavy (non-hydrogen) atoms. The lowest BCUT2D eigenvalue weighted by Crippen LogP contribution is -2.25. The number of methoxy groups -OCH3 is 1. The number of benzene rings is 2. The van der Waals surface area contributed by atoms with Crippen LogP contribution in [0.25, 0.3) is 0 Å². The Hall–Kier alpha value is -2.99. The Labute approximate surface area is 159 Å². The number of aliphatic hydroxyl groups excluding tert-OH is 1. The van der Waals surface area contributed by atoms with Crippen LogP contribution in [0.2, 0.25) is 0 Å². The van der Waals surface area contributed by atoms with E-state index in [0.717, 1.165) is 12.0 Å². The normalized spacial score (nSPS) is 11.4. The van der Waals surface area contributed by atoms with Crippen LogP contribution in [-0.4, -0.2) is 37.4 Å². The second-order valence-corrected chi connectivity index (χ2v) is 5.96. The van der Waals surface area contributed by atoms with Gasteiger partial charge in [0, 0.05) is 12.6 Å². The van der Waals surface area contributed by atoms with E-state index in [-0.39, 0.29) is 19.1 Å². The third kappa shape index (κ3) is 6.67. The molecule has 0 heterocycles. The van der Waals surface area contributed by atoms with E-state index < -0.39 is 6.10 Å². The maximum absolute atomic E-state index is 11.0. The molecule has 2 aromatic carbocycles. The van der Waals surface area contributed by atoms with E-state index in [0.29, 0.717) is 22.9 Å². The van der Waals surface area contributed by atoms with Crippen LogP contribution in [0.5, 0.6) is 17.2 Å². The number of anilines is 1. The molecular formula is C21H25NO5. The van der Waals surface area contributed by atoms with Gasteiger partial charge in [0.15, 0.2) is 11.5 Å². The summed E-state index contributed by atoms with van der Waals surface area (Å²) in [5.74, 6) is 1.62. The highest BCUT2D eigenvalue weighted by Gasteiger charge is 2.10. The summed E-state index contributed by atoms with van der Waals surface area (Å²) in [5, 5.41) is 12.8. The summed E-state index contributed by atoms with van der Waals surface area (Å²) in [4.78, 5) is 11.0. The van der Waals surface area contributed by atoms with Crippen LogP contribution < -0.4 is 19.5 Å². The van der Waals surface area contributed by atoms with Crippen LogP contribution in [0.4, 0.5) is 5.69 Å². The van der Waals surface area contributed by atoms with Crippen molar-refractivity contribution in [2.75, 3.05) is 25.6 Å². The van der Waals surface area contributed by atoms with E-state index in [4.69, 9.17) is 14.2 Å². The number of hydrogen-bond acceptors (Lipinski definition) is 5. The summed E-state index contributed by atoms with van der Waals surface area (Å²) in [6.45, 7) is 5.32. The van der Waals surface area contributed by atoms with E-state index in [1.165, 1.54) is 6.92 Å². The first-order valence-corrected chi connectivity index (χ1v) is 8.61. The lowest BCUT2D eigenvalue weighted by molar-refractivity contribution is -0.114. The predicted molar refractivity (Wildman–Crippen MR) is 105 cm³/mol. The topological polar surface area (TPSA) is 77.0 Å². The summed E-state index contributed by atoms with van der Waals surface area (Å²) >= 11 is 0. The van der Waals surface area contributed by atoms with Gasteiger partial charge in [-0.2, -0.15) is 0 Å². The fourth-order valence-electron chi connectivity index (χ4n) is 2.39. The molecule has 0 fully saturated rings. The van der Waals surface area contributed by atoms with Crippen molar-refractivity contribution in [2.45, 2.75) is 19.4 Å². The van der Waals surface area contributed by atoms with Crippen molar-refractivity contribution in [3.05, 3.63) is 60.7 Å². The Morgan fingerprint density at radius 2 is 1.85 bits per heavy atom. The second-order valence-electron chi connectivity index (χ2n) is 5.96. The lowest BCUT2D eigenvalue weighted by atomic mass is 10.1. The molecule has 0 bridgehead atoms. The molecule has 144 valence electrons. The molecule has 6 nitrogen and oxygen atoms in total. The van der Waals surface area contributed by atoms with Gasteiger partial charge in [0.2, 0.25) is 5.91 Å². The molecule has 0 aliphatic heterocycles. The van der Waals surface area contributed by atoms with Crippen molar-refractivity contribution < 1.29 is 24.1 Å². The smallest absolute Gasteiger partial charge is 0.221 e. The van der Waals surface area contributed by atoms with E-state index >= 15 is 0 Å². The maximum atomic E-state index is 11.0. The van der Waals surface area contributed by atoms with Gasteiger partial charge in [-0.1, -0.05) is 12.1 Å². The monoisotopic (exact) mass is 371 g/mol. The molecule has 0 aliphatic carbocycles. The minimum atomic E-state index is -0.808. The Morgan fingerprint density at radius 1 is 1.15 bits per heavy atom. The highest BCUT2D eigenvalue weighted by Crippen LogP contribution is 2.28. The number of amides is 1. The van der Waals surface area contributed by atoms with E-state index in [2.05, 4.69) is 11.9 Å². The third-order valence-corrected chi connectivity index (χ3v) is 3.66. The molecule has 1 atom stereocenters. The van der Waals surface area contributed by atoms with Crippen LogP contribution in [0.15, 0.2) is 55.1 Å². The van der Waals surface area contributed by atoms with Gasteiger partial charge in [-0.15, -0.1) is 6.58 Å². The van der Waals surface area contributed by atoms with Gasteiger partial charge in [-0.25, -0.2) is 0 Å². The Kier molecular flexibility index (Phi) is 7.70. The van der Waals surface area contributed by atoms with Crippen molar-refractivity contribution in [1.82, 2.24) is 0 Å². The predicted octanol–water partition coefficient (Wildman–Crippen LogP) is 3.20. The maximum Gasteiger partial charge on any atom is 0.221 e. The van der Waals surface area contributed by atoms with Gasteiger partial charge in [-0.05, 0) is 48.4 Å². The minimum absolute atomic E-state index is 0.0706. The fourth-order valence-corrected chi connectivity index (χ4v) is 2.39. The number of ether oxygens (including phenoxy) is 3. The van der Waals surface area contributed by atoms with E-state index in [1.807, 2.05) is 24.3 Å². The minimum Gasteiger partial charge on any atom is -0.493 e. The first-order valence-electron chi connectivity index (χ1n) is 8.61. The van der Waals surface area contributed by atoms with Gasteiger partial charge in [-0.3, -0.25) is 4.79 Å². The summed E-state index contributed by atoms with van der Waals surface area (Å²) in [5.41, 5.74) is 1.76. The highest BCUT2D eigenvalue weighted by molar-refractivity contribution is 5.88. The third-order valence-electron chi connectivity index (χ3n) is 3.66. The van der Waals surface area contributed by atoms with Gasteiger partial charge < -0.3 is 24.6 Å². The van der Waals surface area contributed by atoms with Gasteiger partial charge in [0.25, 0.3) is 0 Å². The lowest BCUT2D eigenvalue weighted by Gasteiger charge is -2.16. The van der Waals surface area contributed by atoms with Crippen LogP contribution in [0.1, 0.15) is 12.5 Å². The second kappa shape index (κ2) is 10.2. The van der Waals surface area contributed by atoms with E-state index in [1.54, 1.807) is 31.4 Å². The molecule has 0 aliphatic rings. The van der Waals surface area contributed by atoms with E-state index in [9.17, 15) is 9.90 Å². The Morgan fingerprint density at radius 3 is 2.48 bits per heavy atom. The van der Waals surface area contributed by atoms with Gasteiger partial charge >= 0.3 is 0 Å². The summed E-state index contributed by atoms with van der Waals surface area (Å²) in [6, 6.07) is 12.5. The summed E-state index contributed by atoms with van der Waals surface area (Å²) < 4.78 is 16.5. The zero-order chi connectivity index (χ0) is 19.6. The molecule has 0 radical (unpaired) electrons. The average molecular weight is 371 g/mol. The van der Waals surface area contributed by atoms with Crippen molar-refractivity contribution in [3.8, 4) is 17.2 Å². The molecule has 2 rings (SSSR count).